The quantitative estimate of drug-likeness (QED) is 0.209. The number of nitrogens with zero attached hydrogens (tertiary/aromatic N) is 3. The summed E-state index contributed by atoms with van der Waals surface area (Å²) in [5.74, 6) is 2.46. The molecule has 0 aliphatic carbocycles. The first-order chi connectivity index (χ1) is 17.2. The fraction of sp³-hybridized carbons (Fsp3) is 0.385. The maximum Gasteiger partial charge on any atom is 0.161 e. The van der Waals surface area contributed by atoms with Crippen LogP contribution in [0.25, 0.3) is 10.8 Å². The van der Waals surface area contributed by atoms with Gasteiger partial charge in [-0.2, -0.15) is 0 Å². The second-order valence-corrected chi connectivity index (χ2v) is 7.88. The van der Waals surface area contributed by atoms with Crippen molar-refractivity contribution in [2.75, 3.05) is 67.9 Å². The minimum Gasteiger partial charge on any atom is -0.493 e. The van der Waals surface area contributed by atoms with Gasteiger partial charge in [0, 0.05) is 36.8 Å². The van der Waals surface area contributed by atoms with Crippen molar-refractivity contribution >= 4 is 41.3 Å². The van der Waals surface area contributed by atoms with Crippen LogP contribution in [0.15, 0.2) is 47.8 Å². The second kappa shape index (κ2) is 14.7. The third-order valence-corrected chi connectivity index (χ3v) is 5.91. The van der Waals surface area contributed by atoms with Crippen LogP contribution >= 0.6 is 24.8 Å². The maximum atomic E-state index is 5.83. The van der Waals surface area contributed by atoms with E-state index in [2.05, 4.69) is 15.0 Å². The van der Waals surface area contributed by atoms with E-state index in [9.17, 15) is 0 Å². The van der Waals surface area contributed by atoms with E-state index in [1.165, 1.54) is 0 Å². The third kappa shape index (κ3) is 7.07. The summed E-state index contributed by atoms with van der Waals surface area (Å²) in [7, 11) is 6.43. The van der Waals surface area contributed by atoms with Gasteiger partial charge in [0.15, 0.2) is 23.0 Å². The summed E-state index contributed by atoms with van der Waals surface area (Å²) in [6, 6.07) is 11.4. The lowest BCUT2D eigenvalue weighted by atomic mass is 10.0. The van der Waals surface area contributed by atoms with Gasteiger partial charge in [0.1, 0.15) is 18.0 Å². The van der Waals surface area contributed by atoms with Crippen molar-refractivity contribution in [3.63, 3.8) is 0 Å². The predicted molar refractivity (Wildman–Crippen MR) is 148 cm³/mol. The highest BCUT2D eigenvalue weighted by atomic mass is 35.5. The number of ether oxygens (including phenoxy) is 5. The molecule has 4 rings (SSSR count). The average Bonchev–Trinajstić information content (AvgIpc) is 2.92. The number of pyridine rings is 1. The molecule has 1 aliphatic rings. The van der Waals surface area contributed by atoms with Gasteiger partial charge in [-0.05, 0) is 41.8 Å². The number of morpholine rings is 1. The van der Waals surface area contributed by atoms with Gasteiger partial charge in [0.2, 0.25) is 0 Å². The molecule has 0 spiro atoms. The van der Waals surface area contributed by atoms with Crippen LogP contribution in [0.5, 0.6) is 23.0 Å². The van der Waals surface area contributed by atoms with Crippen LogP contribution in [-0.4, -0.2) is 83.5 Å². The van der Waals surface area contributed by atoms with Crippen molar-refractivity contribution in [1.29, 1.82) is 0 Å². The fourth-order valence-corrected chi connectivity index (χ4v) is 4.01. The van der Waals surface area contributed by atoms with Crippen LogP contribution in [0.3, 0.4) is 0 Å². The Hall–Kier alpha value is -2.98. The van der Waals surface area contributed by atoms with Gasteiger partial charge in [0.05, 0.1) is 41.7 Å². The van der Waals surface area contributed by atoms with Crippen LogP contribution in [0.1, 0.15) is 11.3 Å². The molecule has 2 heterocycles. The number of fused-ring (bicyclic) bond motifs is 1. The van der Waals surface area contributed by atoms with Crippen LogP contribution < -0.4 is 18.9 Å². The molecule has 0 atom stereocenters. The van der Waals surface area contributed by atoms with Gasteiger partial charge in [0.25, 0.3) is 0 Å². The van der Waals surface area contributed by atoms with Gasteiger partial charge < -0.3 is 28.5 Å². The zero-order valence-corrected chi connectivity index (χ0v) is 23.0. The van der Waals surface area contributed by atoms with E-state index in [4.69, 9.17) is 28.5 Å². The third-order valence-electron chi connectivity index (χ3n) is 5.91. The molecule has 0 radical (unpaired) electrons. The Balaban J connectivity index is 0.00000241. The molecule has 0 amide bonds. The summed E-state index contributed by atoms with van der Waals surface area (Å²) < 4.78 is 27.4. The number of aromatic nitrogens is 1. The highest BCUT2D eigenvalue weighted by molar-refractivity contribution is 6.18. The summed E-state index contributed by atoms with van der Waals surface area (Å²) in [5, 5.41) is 6.35. The van der Waals surface area contributed by atoms with E-state index < -0.39 is 0 Å². The molecule has 1 fully saturated rings. The highest BCUT2D eigenvalue weighted by Crippen LogP contribution is 2.35. The maximum absolute atomic E-state index is 5.83. The lowest BCUT2D eigenvalue weighted by Crippen LogP contribution is -2.38. The van der Waals surface area contributed by atoms with E-state index in [1.807, 2.05) is 36.4 Å². The highest BCUT2D eigenvalue weighted by Gasteiger charge is 2.18. The van der Waals surface area contributed by atoms with Crippen LogP contribution in [-0.2, 0) is 9.57 Å². The first-order valence-corrected chi connectivity index (χ1v) is 11.4. The molecule has 37 heavy (non-hydrogen) atoms. The number of benzene rings is 2. The minimum atomic E-state index is 0. The summed E-state index contributed by atoms with van der Waals surface area (Å²) in [5.41, 5.74) is 2.01. The molecular weight excluding hydrogens is 521 g/mol. The minimum absolute atomic E-state index is 0. The van der Waals surface area contributed by atoms with E-state index in [1.54, 1.807) is 34.6 Å². The molecule has 1 aromatic heterocycles. The number of oxime groups is 1. The van der Waals surface area contributed by atoms with Gasteiger partial charge in [-0.1, -0.05) is 5.16 Å². The standard InChI is InChI=1S/C26H31N3O6.2ClH/c1-30-21-6-5-19(16-22(21)31-2)25(28-35-14-11-29-9-12-34-13-10-29)26-20-17-24(33-4)23(32-3)15-18(20)7-8-27-26;;/h5-8,15-17H,9-14H2,1-4H3;2*1H/b28-25-;;. The molecule has 0 saturated carbocycles. The molecule has 202 valence electrons. The first-order valence-electron chi connectivity index (χ1n) is 11.4. The Morgan fingerprint density at radius 2 is 1.51 bits per heavy atom. The molecule has 1 saturated heterocycles. The zero-order valence-electron chi connectivity index (χ0n) is 21.4. The topological polar surface area (TPSA) is 83.9 Å². The number of rotatable bonds is 10. The van der Waals surface area contributed by atoms with Gasteiger partial charge in [-0.25, -0.2) is 0 Å². The largest absolute Gasteiger partial charge is 0.493 e. The van der Waals surface area contributed by atoms with Crippen molar-refractivity contribution in [2.24, 2.45) is 5.16 Å². The molecule has 11 heteroatoms. The lowest BCUT2D eigenvalue weighted by Gasteiger charge is -2.25. The Bertz CT molecular complexity index is 1190. The molecule has 0 N–H and O–H groups in total. The van der Waals surface area contributed by atoms with E-state index >= 15 is 0 Å². The number of halogens is 2. The monoisotopic (exact) mass is 553 g/mol. The molecule has 9 nitrogen and oxygen atoms in total. The van der Waals surface area contributed by atoms with Crippen LogP contribution in [0.2, 0.25) is 0 Å². The van der Waals surface area contributed by atoms with Crippen molar-refractivity contribution in [3.05, 3.63) is 53.9 Å². The van der Waals surface area contributed by atoms with Gasteiger partial charge in [-0.3, -0.25) is 9.88 Å². The average molecular weight is 554 g/mol. The summed E-state index contributed by atoms with van der Waals surface area (Å²) in [6.45, 7) is 4.47. The number of methoxy groups -OCH3 is 4. The van der Waals surface area contributed by atoms with Crippen LogP contribution in [0, 0.1) is 0 Å². The van der Waals surface area contributed by atoms with Crippen LogP contribution in [0.4, 0.5) is 0 Å². The molecule has 0 unspecified atom stereocenters. The van der Waals surface area contributed by atoms with E-state index in [0.29, 0.717) is 41.0 Å². The van der Waals surface area contributed by atoms with E-state index in [0.717, 1.165) is 49.2 Å². The molecular formula is C26H33Cl2N3O6. The predicted octanol–water partition coefficient (Wildman–Crippen LogP) is 4.21. The van der Waals surface area contributed by atoms with Crippen molar-refractivity contribution in [1.82, 2.24) is 9.88 Å². The summed E-state index contributed by atoms with van der Waals surface area (Å²) in [4.78, 5) is 12.8. The Kier molecular flexibility index (Phi) is 12.0. The molecule has 2 aromatic carbocycles. The molecule has 1 aliphatic heterocycles. The normalized spacial score (nSPS) is 13.8. The van der Waals surface area contributed by atoms with Crippen molar-refractivity contribution < 1.29 is 28.5 Å². The Labute approximate surface area is 229 Å². The van der Waals surface area contributed by atoms with E-state index in [-0.39, 0.29) is 24.8 Å². The van der Waals surface area contributed by atoms with Crippen molar-refractivity contribution in [2.45, 2.75) is 0 Å². The van der Waals surface area contributed by atoms with Gasteiger partial charge in [-0.15, -0.1) is 24.8 Å². The lowest BCUT2D eigenvalue weighted by molar-refractivity contribution is 0.0212. The Morgan fingerprint density at radius 1 is 0.865 bits per heavy atom. The first kappa shape index (κ1) is 30.2. The molecule has 0 bridgehead atoms. The molecule has 3 aromatic rings. The second-order valence-electron chi connectivity index (χ2n) is 7.88. The summed E-state index contributed by atoms with van der Waals surface area (Å²) >= 11 is 0. The van der Waals surface area contributed by atoms with Crippen molar-refractivity contribution in [3.8, 4) is 23.0 Å². The number of hydrogen-bond acceptors (Lipinski definition) is 9. The Morgan fingerprint density at radius 3 is 2.19 bits per heavy atom. The zero-order chi connectivity index (χ0) is 24.6. The SMILES string of the molecule is COc1ccc(/C(=N/OCCN2CCOCC2)c2nccc3cc(OC)c(OC)cc23)cc1OC.Cl.Cl. The number of hydrogen-bond donors (Lipinski definition) is 0. The smallest absolute Gasteiger partial charge is 0.161 e. The fourth-order valence-electron chi connectivity index (χ4n) is 4.01. The van der Waals surface area contributed by atoms with Gasteiger partial charge >= 0.3 is 0 Å². The summed E-state index contributed by atoms with van der Waals surface area (Å²) in [6.07, 6.45) is 1.74.